The van der Waals surface area contributed by atoms with Gasteiger partial charge in [0.2, 0.25) is 5.88 Å². The molecule has 0 aliphatic carbocycles. The third-order valence-corrected chi connectivity index (χ3v) is 6.46. The lowest BCUT2D eigenvalue weighted by molar-refractivity contribution is 0.103. The smallest absolute Gasteiger partial charge is 0.434 e. The van der Waals surface area contributed by atoms with Gasteiger partial charge in [-0.15, -0.1) is 0 Å². The molecule has 8 nitrogen and oxygen atoms in total. The van der Waals surface area contributed by atoms with Crippen LogP contribution in [0.25, 0.3) is 10.9 Å². The number of fused-ring (bicyclic) bond motifs is 1. The van der Waals surface area contributed by atoms with Crippen LogP contribution in [0.3, 0.4) is 0 Å². The van der Waals surface area contributed by atoms with Gasteiger partial charge in [-0.1, -0.05) is 32.9 Å². The molecule has 0 unspecified atom stereocenters. The summed E-state index contributed by atoms with van der Waals surface area (Å²) in [6.07, 6.45) is 0.593. The second-order valence-corrected chi connectivity index (χ2v) is 10.0. The number of halogens is 1. The molecule has 0 saturated heterocycles. The number of anilines is 1. The summed E-state index contributed by atoms with van der Waals surface area (Å²) in [5, 5.41) is 0.588. The molecule has 0 bridgehead atoms. The standard InChI is InChI=1S/C20H22BrN3O5S/c1-5-28-19(25)29-18-17(21)14-10-16(22-11-15(14)23-18)24-30(26,27)13-8-6-12(7-9-13)20(2,3)4/h6-11,23H,5H2,1-4H3,(H,22,24). The Hall–Kier alpha value is -2.59. The Morgan fingerprint density at radius 2 is 1.90 bits per heavy atom. The van der Waals surface area contributed by atoms with E-state index in [-0.39, 0.29) is 28.6 Å². The van der Waals surface area contributed by atoms with Gasteiger partial charge in [0.05, 0.1) is 27.7 Å². The molecule has 0 saturated carbocycles. The molecule has 0 amide bonds. The molecule has 1 aromatic carbocycles. The first-order chi connectivity index (χ1) is 14.0. The number of hydrogen-bond donors (Lipinski definition) is 2. The zero-order valence-electron chi connectivity index (χ0n) is 16.9. The van der Waals surface area contributed by atoms with E-state index in [1.54, 1.807) is 31.2 Å². The molecule has 30 heavy (non-hydrogen) atoms. The predicted molar refractivity (Wildman–Crippen MR) is 117 cm³/mol. The first-order valence-electron chi connectivity index (χ1n) is 9.16. The lowest BCUT2D eigenvalue weighted by Gasteiger charge is -2.19. The van der Waals surface area contributed by atoms with Gasteiger partial charge >= 0.3 is 6.16 Å². The molecule has 0 fully saturated rings. The fourth-order valence-corrected chi connectivity index (χ4v) is 4.23. The zero-order chi connectivity index (χ0) is 22.1. The Balaban J connectivity index is 1.86. The fraction of sp³-hybridized carbons (Fsp3) is 0.300. The Labute approximate surface area is 183 Å². The van der Waals surface area contributed by atoms with E-state index in [4.69, 9.17) is 9.47 Å². The Bertz CT molecular complexity index is 1180. The molecule has 0 radical (unpaired) electrons. The van der Waals surface area contributed by atoms with Gasteiger partial charge in [-0.3, -0.25) is 4.72 Å². The van der Waals surface area contributed by atoms with E-state index in [0.717, 1.165) is 5.56 Å². The third-order valence-electron chi connectivity index (χ3n) is 4.31. The number of nitrogens with zero attached hydrogens (tertiary/aromatic N) is 1. The van der Waals surface area contributed by atoms with Crippen LogP contribution in [0.15, 0.2) is 45.9 Å². The molecular formula is C20H22BrN3O5S. The van der Waals surface area contributed by atoms with Crippen LogP contribution in [0.5, 0.6) is 5.88 Å². The highest BCUT2D eigenvalue weighted by Gasteiger charge is 2.20. The number of aromatic nitrogens is 2. The third kappa shape index (κ3) is 4.76. The van der Waals surface area contributed by atoms with E-state index in [0.29, 0.717) is 15.4 Å². The average Bonchev–Trinajstić information content (AvgIpc) is 2.96. The maximum atomic E-state index is 12.7. The topological polar surface area (TPSA) is 110 Å². The summed E-state index contributed by atoms with van der Waals surface area (Å²) >= 11 is 3.35. The highest BCUT2D eigenvalue weighted by Crippen LogP contribution is 2.34. The molecule has 2 heterocycles. The van der Waals surface area contributed by atoms with Gasteiger partial charge in [0.1, 0.15) is 5.82 Å². The van der Waals surface area contributed by atoms with Crippen LogP contribution in [0.2, 0.25) is 0 Å². The predicted octanol–water partition coefficient (Wildman–Crippen LogP) is 4.96. The van der Waals surface area contributed by atoms with Gasteiger partial charge in [-0.05, 0) is 52.0 Å². The number of rotatable bonds is 5. The van der Waals surface area contributed by atoms with Gasteiger partial charge in [-0.2, -0.15) is 0 Å². The van der Waals surface area contributed by atoms with Crippen molar-refractivity contribution >= 4 is 48.8 Å². The van der Waals surface area contributed by atoms with E-state index in [2.05, 4.69) is 51.4 Å². The molecule has 0 atom stereocenters. The maximum Gasteiger partial charge on any atom is 0.515 e. The van der Waals surface area contributed by atoms with Crippen molar-refractivity contribution in [1.29, 1.82) is 0 Å². The molecule has 0 aliphatic rings. The van der Waals surface area contributed by atoms with Crippen molar-refractivity contribution in [2.75, 3.05) is 11.3 Å². The van der Waals surface area contributed by atoms with Crippen molar-refractivity contribution in [2.24, 2.45) is 0 Å². The molecule has 0 spiro atoms. The van der Waals surface area contributed by atoms with E-state index >= 15 is 0 Å². The highest BCUT2D eigenvalue weighted by molar-refractivity contribution is 9.10. The lowest BCUT2D eigenvalue weighted by atomic mass is 9.87. The summed E-state index contributed by atoms with van der Waals surface area (Å²) in [5.41, 5.74) is 1.51. The van der Waals surface area contributed by atoms with Gasteiger partial charge in [0.15, 0.2) is 0 Å². The minimum absolute atomic E-state index is 0.0772. The molecule has 0 aliphatic heterocycles. The van der Waals surface area contributed by atoms with Crippen LogP contribution in [0.1, 0.15) is 33.3 Å². The van der Waals surface area contributed by atoms with Crippen LogP contribution < -0.4 is 9.46 Å². The van der Waals surface area contributed by atoms with Crippen molar-refractivity contribution in [3.8, 4) is 5.88 Å². The van der Waals surface area contributed by atoms with E-state index < -0.39 is 16.2 Å². The van der Waals surface area contributed by atoms with Crippen LogP contribution in [-0.2, 0) is 20.2 Å². The number of pyridine rings is 1. The van der Waals surface area contributed by atoms with Crippen LogP contribution in [0, 0.1) is 0 Å². The van der Waals surface area contributed by atoms with E-state index in [1.807, 2.05) is 0 Å². The molecule has 160 valence electrons. The Morgan fingerprint density at radius 3 is 2.50 bits per heavy atom. The average molecular weight is 496 g/mol. The number of carbonyl (C=O) groups excluding carboxylic acids is 1. The molecule has 2 N–H and O–H groups in total. The second kappa shape index (κ2) is 8.27. The minimum Gasteiger partial charge on any atom is -0.434 e. The molecule has 2 aromatic heterocycles. The van der Waals surface area contributed by atoms with Crippen molar-refractivity contribution < 1.29 is 22.7 Å². The number of ether oxygens (including phenoxy) is 2. The number of H-pyrrole nitrogens is 1. The number of aromatic amines is 1. The first kappa shape index (κ1) is 22.1. The van der Waals surface area contributed by atoms with Crippen LogP contribution in [-0.4, -0.2) is 31.1 Å². The molecule has 3 rings (SSSR count). The van der Waals surface area contributed by atoms with E-state index in [1.165, 1.54) is 12.3 Å². The summed E-state index contributed by atoms with van der Waals surface area (Å²) in [4.78, 5) is 18.7. The second-order valence-electron chi connectivity index (χ2n) is 7.55. The van der Waals surface area contributed by atoms with Crippen molar-refractivity contribution in [3.05, 3.63) is 46.6 Å². The quantitative estimate of drug-likeness (QED) is 0.484. The summed E-state index contributed by atoms with van der Waals surface area (Å²) in [6, 6.07) is 8.27. The normalized spacial score (nSPS) is 12.0. The number of sulfonamides is 1. The van der Waals surface area contributed by atoms with Gasteiger partial charge in [0.25, 0.3) is 10.0 Å². The van der Waals surface area contributed by atoms with Crippen molar-refractivity contribution in [2.45, 2.75) is 38.0 Å². The molecule has 3 aromatic rings. The first-order valence-corrected chi connectivity index (χ1v) is 11.4. The van der Waals surface area contributed by atoms with Crippen molar-refractivity contribution in [3.63, 3.8) is 0 Å². The number of benzene rings is 1. The summed E-state index contributed by atoms with van der Waals surface area (Å²) in [7, 11) is -3.82. The van der Waals surface area contributed by atoms with E-state index in [9.17, 15) is 13.2 Å². The summed E-state index contributed by atoms with van der Waals surface area (Å²) in [5.74, 6) is 0.271. The lowest BCUT2D eigenvalue weighted by Crippen LogP contribution is -2.15. The summed E-state index contributed by atoms with van der Waals surface area (Å²) in [6.45, 7) is 8.02. The monoisotopic (exact) mass is 495 g/mol. The number of hydrogen-bond acceptors (Lipinski definition) is 6. The van der Waals surface area contributed by atoms with Crippen LogP contribution >= 0.6 is 15.9 Å². The summed E-state index contributed by atoms with van der Waals surface area (Å²) < 4.78 is 38.3. The van der Waals surface area contributed by atoms with Gasteiger partial charge < -0.3 is 14.5 Å². The molecule has 10 heteroatoms. The minimum atomic E-state index is -3.82. The largest absolute Gasteiger partial charge is 0.515 e. The Kier molecular flexibility index (Phi) is 6.09. The molecular weight excluding hydrogens is 474 g/mol. The Morgan fingerprint density at radius 1 is 1.23 bits per heavy atom. The maximum absolute atomic E-state index is 12.7. The van der Waals surface area contributed by atoms with Gasteiger partial charge in [-0.25, -0.2) is 18.2 Å². The fourth-order valence-electron chi connectivity index (χ4n) is 2.72. The number of nitrogens with one attached hydrogen (secondary N) is 2. The van der Waals surface area contributed by atoms with Crippen LogP contribution in [0.4, 0.5) is 10.6 Å². The SMILES string of the molecule is CCOC(=O)Oc1[nH]c2cnc(NS(=O)(=O)c3ccc(C(C)(C)C)cc3)cc2c1Br. The number of carbonyl (C=O) groups is 1. The zero-order valence-corrected chi connectivity index (χ0v) is 19.3. The van der Waals surface area contributed by atoms with Gasteiger partial charge in [0, 0.05) is 5.39 Å². The van der Waals surface area contributed by atoms with Crippen molar-refractivity contribution in [1.82, 2.24) is 9.97 Å². The highest BCUT2D eigenvalue weighted by atomic mass is 79.9.